The monoisotopic (exact) mass is 512 g/mol. The Kier molecular flexibility index (Phi) is 6.02. The van der Waals surface area contributed by atoms with Crippen molar-refractivity contribution in [1.29, 1.82) is 0 Å². The Morgan fingerprint density at radius 2 is 1.84 bits per heavy atom. The Balaban J connectivity index is 1.48. The zero-order valence-electron chi connectivity index (χ0n) is 21.1. The number of aromatic nitrogens is 4. The average molecular weight is 513 g/mol. The fourth-order valence-electron chi connectivity index (χ4n) is 5.53. The van der Waals surface area contributed by atoms with Crippen LogP contribution in [0.15, 0.2) is 77.3 Å². The number of benzene rings is 3. The lowest BCUT2D eigenvalue weighted by molar-refractivity contribution is 0.347. The Hall–Kier alpha value is -4.33. The van der Waals surface area contributed by atoms with E-state index in [0.29, 0.717) is 41.8 Å². The second-order valence-corrected chi connectivity index (χ2v) is 9.63. The summed E-state index contributed by atoms with van der Waals surface area (Å²) in [6.45, 7) is 2.50. The Morgan fingerprint density at radius 3 is 2.58 bits per heavy atom. The first-order valence-corrected chi connectivity index (χ1v) is 12.5. The number of oxazole rings is 1. The zero-order chi connectivity index (χ0) is 26.3. The average Bonchev–Trinajstić information content (AvgIpc) is 3.57. The van der Waals surface area contributed by atoms with E-state index >= 15 is 0 Å². The van der Waals surface area contributed by atoms with Gasteiger partial charge in [-0.1, -0.05) is 42.5 Å². The van der Waals surface area contributed by atoms with Crippen molar-refractivity contribution in [1.82, 2.24) is 19.7 Å². The number of hydrogen-bond acceptors (Lipinski definition) is 5. The van der Waals surface area contributed by atoms with Crippen molar-refractivity contribution in [2.24, 2.45) is 0 Å². The number of ether oxygens (including phenoxy) is 1. The molecule has 6 rings (SSSR count). The van der Waals surface area contributed by atoms with Crippen LogP contribution in [0.4, 0.5) is 8.78 Å². The number of aryl methyl sites for hydroxylation is 1. The molecule has 0 spiro atoms. The van der Waals surface area contributed by atoms with Crippen molar-refractivity contribution in [3.63, 3.8) is 0 Å². The smallest absolute Gasteiger partial charge is 0.191 e. The van der Waals surface area contributed by atoms with Crippen LogP contribution in [-0.4, -0.2) is 26.9 Å². The fourth-order valence-corrected chi connectivity index (χ4v) is 5.53. The van der Waals surface area contributed by atoms with Crippen molar-refractivity contribution >= 4 is 0 Å². The highest BCUT2D eigenvalue weighted by atomic mass is 19.2. The highest BCUT2D eigenvalue weighted by molar-refractivity contribution is 5.71. The summed E-state index contributed by atoms with van der Waals surface area (Å²) < 4.78 is 41.9. The molecule has 1 unspecified atom stereocenters. The standard InChI is InChI=1S/C30H26F2N4O2/c1-19-33-18-27(38-19)23-11-9-21(15-26(23)37-2)28-34-35-29-30(13-6-14-36(28)29,17-20-7-4-3-5-8-20)22-10-12-24(31)25(32)16-22/h3-5,7-12,15-16,18H,6,13-14,17H2,1-2H3. The largest absolute Gasteiger partial charge is 0.496 e. The van der Waals surface area contributed by atoms with E-state index in [1.807, 2.05) is 48.5 Å². The molecule has 0 saturated heterocycles. The zero-order valence-corrected chi connectivity index (χ0v) is 21.1. The molecule has 0 aliphatic carbocycles. The van der Waals surface area contributed by atoms with Crippen molar-refractivity contribution in [3.05, 3.63) is 107 Å². The van der Waals surface area contributed by atoms with E-state index < -0.39 is 17.0 Å². The Labute approximate surface area is 218 Å². The second kappa shape index (κ2) is 9.52. The Bertz CT molecular complexity index is 1610. The summed E-state index contributed by atoms with van der Waals surface area (Å²) in [4.78, 5) is 4.19. The lowest BCUT2D eigenvalue weighted by atomic mass is 9.70. The van der Waals surface area contributed by atoms with Gasteiger partial charge in [0.25, 0.3) is 0 Å². The molecular formula is C30H26F2N4O2. The number of hydrogen-bond donors (Lipinski definition) is 0. The maximum Gasteiger partial charge on any atom is 0.191 e. The first-order valence-electron chi connectivity index (χ1n) is 12.5. The normalized spacial score (nSPS) is 16.8. The predicted molar refractivity (Wildman–Crippen MR) is 139 cm³/mol. The fraction of sp³-hybridized carbons (Fsp3) is 0.233. The molecule has 1 atom stereocenters. The lowest BCUT2D eigenvalue weighted by Crippen LogP contribution is -2.38. The molecular weight excluding hydrogens is 486 g/mol. The first-order chi connectivity index (χ1) is 18.5. The molecule has 8 heteroatoms. The minimum absolute atomic E-state index is 0.574. The van der Waals surface area contributed by atoms with Crippen molar-refractivity contribution in [2.45, 2.75) is 38.1 Å². The quantitative estimate of drug-likeness (QED) is 0.259. The molecule has 1 aliphatic heterocycles. The van der Waals surface area contributed by atoms with Gasteiger partial charge < -0.3 is 13.7 Å². The maximum absolute atomic E-state index is 14.5. The summed E-state index contributed by atoms with van der Waals surface area (Å²) in [5.74, 6) is 1.52. The molecule has 0 bridgehead atoms. The van der Waals surface area contributed by atoms with Gasteiger partial charge in [-0.3, -0.25) is 0 Å². The van der Waals surface area contributed by atoms with Gasteiger partial charge in [0.15, 0.2) is 29.1 Å². The number of fused-ring (bicyclic) bond motifs is 1. The van der Waals surface area contributed by atoms with E-state index in [4.69, 9.17) is 9.15 Å². The number of nitrogens with zero attached hydrogens (tertiary/aromatic N) is 4. The van der Waals surface area contributed by atoms with Gasteiger partial charge in [-0.05, 0) is 54.7 Å². The number of rotatable bonds is 6. The molecule has 0 fully saturated rings. The summed E-state index contributed by atoms with van der Waals surface area (Å²) in [6.07, 6.45) is 3.82. The van der Waals surface area contributed by atoms with E-state index in [0.717, 1.165) is 35.4 Å². The van der Waals surface area contributed by atoms with Crippen LogP contribution in [0, 0.1) is 18.6 Å². The minimum Gasteiger partial charge on any atom is -0.496 e. The summed E-state index contributed by atoms with van der Waals surface area (Å²) in [5.41, 5.74) is 2.73. The Morgan fingerprint density at radius 1 is 1.00 bits per heavy atom. The molecule has 1 aliphatic rings. The third kappa shape index (κ3) is 4.06. The van der Waals surface area contributed by atoms with Crippen molar-refractivity contribution in [3.8, 4) is 28.5 Å². The number of halogens is 2. The molecule has 0 N–H and O–H groups in total. The molecule has 0 saturated carbocycles. The van der Waals surface area contributed by atoms with Crippen LogP contribution in [0.25, 0.3) is 22.7 Å². The molecule has 2 aromatic heterocycles. The van der Waals surface area contributed by atoms with Crippen LogP contribution < -0.4 is 4.74 Å². The van der Waals surface area contributed by atoms with Gasteiger partial charge in [0, 0.05) is 19.0 Å². The predicted octanol–water partition coefficient (Wildman–Crippen LogP) is 6.52. The molecule has 3 heterocycles. The molecule has 3 aromatic carbocycles. The van der Waals surface area contributed by atoms with Crippen LogP contribution in [0.5, 0.6) is 5.75 Å². The van der Waals surface area contributed by atoms with Gasteiger partial charge in [-0.2, -0.15) is 0 Å². The van der Waals surface area contributed by atoms with E-state index in [2.05, 4.69) is 19.7 Å². The highest BCUT2D eigenvalue weighted by Gasteiger charge is 2.42. The summed E-state index contributed by atoms with van der Waals surface area (Å²) >= 11 is 0. The van der Waals surface area contributed by atoms with Crippen LogP contribution >= 0.6 is 0 Å². The maximum atomic E-state index is 14.5. The van der Waals surface area contributed by atoms with Gasteiger partial charge in [0.05, 0.1) is 24.3 Å². The third-order valence-corrected chi connectivity index (χ3v) is 7.33. The summed E-state index contributed by atoms with van der Waals surface area (Å²) in [6, 6.07) is 20.0. The van der Waals surface area contributed by atoms with E-state index in [1.54, 1.807) is 26.3 Å². The van der Waals surface area contributed by atoms with Crippen LogP contribution in [0.2, 0.25) is 0 Å². The van der Waals surface area contributed by atoms with Crippen LogP contribution in [0.1, 0.15) is 35.7 Å². The van der Waals surface area contributed by atoms with Gasteiger partial charge in [0.2, 0.25) is 0 Å². The number of methoxy groups -OCH3 is 1. The third-order valence-electron chi connectivity index (χ3n) is 7.33. The van der Waals surface area contributed by atoms with E-state index in [-0.39, 0.29) is 0 Å². The molecule has 0 amide bonds. The highest BCUT2D eigenvalue weighted by Crippen LogP contribution is 2.44. The van der Waals surface area contributed by atoms with E-state index in [1.165, 1.54) is 12.1 Å². The molecule has 6 nitrogen and oxygen atoms in total. The summed E-state index contributed by atoms with van der Waals surface area (Å²) in [5, 5.41) is 9.28. The van der Waals surface area contributed by atoms with Gasteiger partial charge in [-0.15, -0.1) is 10.2 Å². The van der Waals surface area contributed by atoms with Gasteiger partial charge >= 0.3 is 0 Å². The van der Waals surface area contributed by atoms with Crippen LogP contribution in [-0.2, 0) is 18.4 Å². The minimum atomic E-state index is -0.866. The first kappa shape index (κ1) is 24.0. The topological polar surface area (TPSA) is 66.0 Å². The van der Waals surface area contributed by atoms with Crippen molar-refractivity contribution in [2.75, 3.05) is 7.11 Å². The molecule has 38 heavy (non-hydrogen) atoms. The second-order valence-electron chi connectivity index (χ2n) is 9.63. The summed E-state index contributed by atoms with van der Waals surface area (Å²) in [7, 11) is 1.61. The molecule has 5 aromatic rings. The lowest BCUT2D eigenvalue weighted by Gasteiger charge is -2.38. The molecule has 192 valence electrons. The SMILES string of the molecule is COc1cc(-c2nnc3n2CCCC3(Cc2ccccc2)c2ccc(F)c(F)c2)ccc1-c1cnc(C)o1. The van der Waals surface area contributed by atoms with E-state index in [9.17, 15) is 8.78 Å². The van der Waals surface area contributed by atoms with Crippen LogP contribution in [0.3, 0.4) is 0 Å². The van der Waals surface area contributed by atoms with Gasteiger partial charge in [-0.25, -0.2) is 13.8 Å². The van der Waals surface area contributed by atoms with Crippen molar-refractivity contribution < 1.29 is 17.9 Å². The molecule has 0 radical (unpaired) electrons. The van der Waals surface area contributed by atoms with Gasteiger partial charge in [0.1, 0.15) is 11.6 Å².